The number of ketones is 1. The number of aryl methyl sites for hydroxylation is 1. The number of nitrogens with zero attached hydrogens (tertiary/aromatic N) is 2. The maximum Gasteiger partial charge on any atom is 0.228 e. The first-order valence-electron chi connectivity index (χ1n) is 9.16. The van der Waals surface area contributed by atoms with Gasteiger partial charge in [0.1, 0.15) is 5.78 Å². The van der Waals surface area contributed by atoms with Gasteiger partial charge in [0.25, 0.3) is 0 Å². The van der Waals surface area contributed by atoms with Crippen LogP contribution in [0.25, 0.3) is 0 Å². The largest absolute Gasteiger partial charge is 0.336 e. The molecule has 0 aromatic heterocycles. The van der Waals surface area contributed by atoms with E-state index in [0.717, 1.165) is 29.7 Å². The average Bonchev–Trinajstić information content (AvgIpc) is 3.08. The Labute approximate surface area is 148 Å². The first kappa shape index (κ1) is 16.3. The van der Waals surface area contributed by atoms with E-state index in [1.807, 2.05) is 36.9 Å². The fourth-order valence-corrected chi connectivity index (χ4v) is 4.68. The Morgan fingerprint density at radius 2 is 1.72 bits per heavy atom. The smallest absolute Gasteiger partial charge is 0.228 e. The zero-order valence-electron chi connectivity index (χ0n) is 14.8. The van der Waals surface area contributed by atoms with Gasteiger partial charge in [0, 0.05) is 43.6 Å². The summed E-state index contributed by atoms with van der Waals surface area (Å²) in [6.45, 7) is 4.50. The number of amides is 2. The van der Waals surface area contributed by atoms with Crippen LogP contribution in [0.3, 0.4) is 0 Å². The molecular formula is C20H24N2O3. The quantitative estimate of drug-likeness (QED) is 0.830. The summed E-state index contributed by atoms with van der Waals surface area (Å²) in [7, 11) is 0. The van der Waals surface area contributed by atoms with E-state index in [1.165, 1.54) is 0 Å². The summed E-state index contributed by atoms with van der Waals surface area (Å²) in [5.41, 5.74) is 3.15. The highest BCUT2D eigenvalue weighted by molar-refractivity contribution is 6.01. The third kappa shape index (κ3) is 2.66. The monoisotopic (exact) mass is 340 g/mol. The van der Waals surface area contributed by atoms with Crippen LogP contribution in [0.4, 0.5) is 5.69 Å². The fraction of sp³-hybridized carbons (Fsp3) is 0.550. The van der Waals surface area contributed by atoms with Crippen molar-refractivity contribution in [3.63, 3.8) is 0 Å². The Bertz CT molecular complexity index is 741. The molecule has 0 saturated carbocycles. The van der Waals surface area contributed by atoms with Crippen LogP contribution in [0.2, 0.25) is 0 Å². The van der Waals surface area contributed by atoms with Gasteiger partial charge in [-0.15, -0.1) is 0 Å². The summed E-state index contributed by atoms with van der Waals surface area (Å²) in [4.78, 5) is 41.1. The van der Waals surface area contributed by atoms with Crippen molar-refractivity contribution >= 4 is 23.3 Å². The number of hydrogen-bond donors (Lipinski definition) is 0. The number of anilines is 1. The fourth-order valence-electron chi connectivity index (χ4n) is 4.68. The Kier molecular flexibility index (Phi) is 3.89. The van der Waals surface area contributed by atoms with Crippen molar-refractivity contribution in [2.45, 2.75) is 58.0 Å². The molecule has 5 heteroatoms. The summed E-state index contributed by atoms with van der Waals surface area (Å²) < 4.78 is 0. The minimum atomic E-state index is -0.288. The van der Waals surface area contributed by atoms with Gasteiger partial charge in [-0.05, 0) is 43.9 Å². The van der Waals surface area contributed by atoms with E-state index in [4.69, 9.17) is 0 Å². The minimum Gasteiger partial charge on any atom is -0.336 e. The maximum atomic E-state index is 13.1. The molecule has 0 radical (unpaired) electrons. The second kappa shape index (κ2) is 5.97. The second-order valence-corrected chi connectivity index (χ2v) is 7.70. The van der Waals surface area contributed by atoms with Crippen LogP contribution in [-0.4, -0.2) is 41.1 Å². The Hall–Kier alpha value is -2.17. The SMILES string of the molecule is Cc1cccc(N2CC(C(=O)N3C4CCC3CC(=O)C4)CC2=O)c1C. The molecule has 3 heterocycles. The van der Waals surface area contributed by atoms with Crippen molar-refractivity contribution in [2.24, 2.45) is 5.92 Å². The van der Waals surface area contributed by atoms with Crippen molar-refractivity contribution < 1.29 is 14.4 Å². The van der Waals surface area contributed by atoms with Gasteiger partial charge in [-0.3, -0.25) is 14.4 Å². The molecule has 4 rings (SSSR count). The number of carbonyl (C=O) groups is 3. The van der Waals surface area contributed by atoms with Gasteiger partial charge < -0.3 is 9.80 Å². The molecule has 3 atom stereocenters. The van der Waals surface area contributed by atoms with Crippen LogP contribution >= 0.6 is 0 Å². The van der Waals surface area contributed by atoms with E-state index in [-0.39, 0.29) is 42.0 Å². The second-order valence-electron chi connectivity index (χ2n) is 7.70. The average molecular weight is 340 g/mol. The van der Waals surface area contributed by atoms with Crippen LogP contribution in [0.15, 0.2) is 18.2 Å². The summed E-state index contributed by atoms with van der Waals surface area (Å²) in [6.07, 6.45) is 3.09. The third-order valence-electron chi connectivity index (χ3n) is 6.14. The zero-order chi connectivity index (χ0) is 17.7. The van der Waals surface area contributed by atoms with Gasteiger partial charge in [0.05, 0.1) is 5.92 Å². The minimum absolute atomic E-state index is 0.0208. The van der Waals surface area contributed by atoms with Gasteiger partial charge in [-0.25, -0.2) is 0 Å². The van der Waals surface area contributed by atoms with Crippen molar-refractivity contribution in [2.75, 3.05) is 11.4 Å². The van der Waals surface area contributed by atoms with Crippen LogP contribution in [0.1, 0.15) is 43.2 Å². The first-order chi connectivity index (χ1) is 12.0. The molecule has 132 valence electrons. The highest BCUT2D eigenvalue weighted by Gasteiger charge is 2.47. The number of carbonyl (C=O) groups excluding carboxylic acids is 3. The molecule has 25 heavy (non-hydrogen) atoms. The first-order valence-corrected chi connectivity index (χ1v) is 9.16. The molecule has 0 spiro atoms. The molecule has 3 aliphatic rings. The normalized spacial score (nSPS) is 28.8. The van der Waals surface area contributed by atoms with Crippen LogP contribution < -0.4 is 4.90 Å². The topological polar surface area (TPSA) is 57.7 Å². The van der Waals surface area contributed by atoms with Gasteiger partial charge >= 0.3 is 0 Å². The summed E-state index contributed by atoms with van der Waals surface area (Å²) in [5, 5.41) is 0. The highest BCUT2D eigenvalue weighted by atomic mass is 16.2. The van der Waals surface area contributed by atoms with E-state index >= 15 is 0 Å². The van der Waals surface area contributed by atoms with E-state index in [9.17, 15) is 14.4 Å². The number of fused-ring (bicyclic) bond motifs is 2. The molecule has 1 aromatic carbocycles. The van der Waals surface area contributed by atoms with E-state index in [1.54, 1.807) is 4.90 Å². The van der Waals surface area contributed by atoms with E-state index in [0.29, 0.717) is 19.4 Å². The summed E-state index contributed by atoms with van der Waals surface area (Å²) >= 11 is 0. The van der Waals surface area contributed by atoms with Gasteiger partial charge in [-0.1, -0.05) is 12.1 Å². The van der Waals surface area contributed by atoms with Crippen molar-refractivity contribution in [1.29, 1.82) is 0 Å². The van der Waals surface area contributed by atoms with Gasteiger partial charge in [0.2, 0.25) is 11.8 Å². The van der Waals surface area contributed by atoms with Crippen LogP contribution in [-0.2, 0) is 14.4 Å². The number of piperidine rings is 1. The lowest BCUT2D eigenvalue weighted by atomic mass is 9.98. The number of benzene rings is 1. The lowest BCUT2D eigenvalue weighted by Crippen LogP contribution is -2.49. The van der Waals surface area contributed by atoms with Crippen molar-refractivity contribution in [3.05, 3.63) is 29.3 Å². The molecule has 5 nitrogen and oxygen atoms in total. The van der Waals surface area contributed by atoms with Crippen molar-refractivity contribution in [1.82, 2.24) is 4.90 Å². The molecule has 2 amide bonds. The number of hydrogen-bond acceptors (Lipinski definition) is 3. The molecule has 0 aliphatic carbocycles. The Balaban J connectivity index is 1.54. The van der Waals surface area contributed by atoms with Crippen LogP contribution in [0, 0.1) is 19.8 Å². The third-order valence-corrected chi connectivity index (χ3v) is 6.14. The molecule has 3 unspecified atom stereocenters. The van der Waals surface area contributed by atoms with Gasteiger partial charge in [-0.2, -0.15) is 0 Å². The molecule has 1 aromatic rings. The van der Waals surface area contributed by atoms with Gasteiger partial charge in [0.15, 0.2) is 0 Å². The molecule has 3 aliphatic heterocycles. The Morgan fingerprint density at radius 1 is 1.04 bits per heavy atom. The molecule has 2 bridgehead atoms. The van der Waals surface area contributed by atoms with E-state index in [2.05, 4.69) is 0 Å². The number of rotatable bonds is 2. The lowest BCUT2D eigenvalue weighted by molar-refractivity contribution is -0.142. The number of Topliss-reactive ketones (excluding diaryl/α,β-unsaturated/α-hetero) is 1. The standard InChI is InChI=1S/C20H24N2O3/c1-12-4-3-5-18(13(12)2)21-11-14(8-19(21)24)20(25)22-15-6-7-16(22)10-17(23)9-15/h3-5,14-16H,6-11H2,1-2H3. The lowest BCUT2D eigenvalue weighted by Gasteiger charge is -2.35. The maximum absolute atomic E-state index is 13.1. The summed E-state index contributed by atoms with van der Waals surface area (Å²) in [6, 6.07) is 6.06. The zero-order valence-corrected chi connectivity index (χ0v) is 14.8. The highest BCUT2D eigenvalue weighted by Crippen LogP contribution is 2.37. The van der Waals surface area contributed by atoms with Crippen LogP contribution in [0.5, 0.6) is 0 Å². The molecular weight excluding hydrogens is 316 g/mol. The summed E-state index contributed by atoms with van der Waals surface area (Å²) in [5.74, 6) is 0.0772. The molecule has 3 fully saturated rings. The predicted octanol–water partition coefficient (Wildman–Crippen LogP) is 2.38. The molecule has 3 saturated heterocycles. The Morgan fingerprint density at radius 3 is 2.40 bits per heavy atom. The van der Waals surface area contributed by atoms with E-state index < -0.39 is 0 Å². The molecule has 0 N–H and O–H groups in total. The van der Waals surface area contributed by atoms with Crippen molar-refractivity contribution in [3.8, 4) is 0 Å². The predicted molar refractivity (Wildman–Crippen MR) is 94.3 cm³/mol.